The number of fused-ring (bicyclic) bond motifs is 1. The SMILES string of the molecule is CCOC(=O)c1cn[nH]c1O[C@H]1CC[C@@H](c2cc(Nc3ccc4c(c3F)CNS4(=O)=O)n[nH]2)C1. The first-order valence-electron chi connectivity index (χ1n) is 10.9. The summed E-state index contributed by atoms with van der Waals surface area (Å²) in [5.41, 5.74) is 1.39. The summed E-state index contributed by atoms with van der Waals surface area (Å²) in [5.74, 6) is -0.259. The number of ether oxygens (including phenoxy) is 2. The van der Waals surface area contributed by atoms with E-state index in [1.54, 1.807) is 13.0 Å². The van der Waals surface area contributed by atoms with Crippen molar-refractivity contribution >= 4 is 27.5 Å². The molecule has 2 aromatic heterocycles. The molecule has 1 aliphatic heterocycles. The number of nitrogens with zero attached hydrogens (tertiary/aromatic N) is 2. The van der Waals surface area contributed by atoms with Gasteiger partial charge in [-0.1, -0.05) is 0 Å². The van der Waals surface area contributed by atoms with Gasteiger partial charge in [-0.3, -0.25) is 5.10 Å². The molecule has 1 fully saturated rings. The van der Waals surface area contributed by atoms with Crippen molar-refractivity contribution in [3.63, 3.8) is 0 Å². The number of hydrogen-bond donors (Lipinski definition) is 4. The molecule has 13 heteroatoms. The lowest BCUT2D eigenvalue weighted by atomic mass is 10.0. The van der Waals surface area contributed by atoms with E-state index in [0.29, 0.717) is 18.1 Å². The maximum atomic E-state index is 14.8. The topological polar surface area (TPSA) is 151 Å². The minimum absolute atomic E-state index is 0.0429. The van der Waals surface area contributed by atoms with Gasteiger partial charge in [0.25, 0.3) is 0 Å². The summed E-state index contributed by atoms with van der Waals surface area (Å²) in [4.78, 5) is 12.0. The molecule has 180 valence electrons. The number of carbonyl (C=O) groups excluding carboxylic acids is 1. The molecule has 1 aliphatic carbocycles. The van der Waals surface area contributed by atoms with Gasteiger partial charge in [-0.05, 0) is 38.3 Å². The molecule has 1 saturated carbocycles. The summed E-state index contributed by atoms with van der Waals surface area (Å²) in [5, 5.41) is 16.7. The Hall–Kier alpha value is -3.45. The second-order valence-corrected chi connectivity index (χ2v) is 9.88. The number of nitrogens with one attached hydrogen (secondary N) is 4. The monoisotopic (exact) mass is 490 g/mol. The summed E-state index contributed by atoms with van der Waals surface area (Å²) in [6.45, 7) is 1.91. The Balaban J connectivity index is 1.24. The third kappa shape index (κ3) is 4.12. The molecule has 0 unspecified atom stereocenters. The number of aromatic nitrogens is 4. The first-order valence-corrected chi connectivity index (χ1v) is 12.3. The van der Waals surface area contributed by atoms with E-state index in [1.807, 2.05) is 0 Å². The number of aromatic amines is 2. The van der Waals surface area contributed by atoms with Gasteiger partial charge in [-0.25, -0.2) is 27.4 Å². The van der Waals surface area contributed by atoms with Gasteiger partial charge in [0, 0.05) is 29.8 Å². The number of H-pyrrole nitrogens is 2. The number of benzene rings is 1. The Morgan fingerprint density at radius 3 is 2.97 bits per heavy atom. The molecule has 3 heterocycles. The standard InChI is InChI=1S/C21H23FN6O5S/c1-2-32-21(29)14-9-23-28-20(14)33-12-4-3-11(7-12)16-8-18(27-26-16)25-15-5-6-17-13(19(15)22)10-24-34(17,30)31/h5-6,8-9,11-12,24H,2-4,7,10H2,1H3,(H,23,28)(H2,25,26,27)/t11-,12+/m1/s1. The maximum Gasteiger partial charge on any atom is 0.345 e. The van der Waals surface area contributed by atoms with E-state index in [0.717, 1.165) is 18.5 Å². The van der Waals surface area contributed by atoms with E-state index in [1.165, 1.54) is 18.3 Å². The van der Waals surface area contributed by atoms with E-state index in [-0.39, 0.29) is 46.9 Å². The summed E-state index contributed by atoms with van der Waals surface area (Å²) >= 11 is 0. The second kappa shape index (κ2) is 8.72. The molecule has 2 atom stereocenters. The van der Waals surface area contributed by atoms with Crippen LogP contribution in [0.15, 0.2) is 29.3 Å². The summed E-state index contributed by atoms with van der Waals surface area (Å²) < 4.78 is 51.9. The Morgan fingerprint density at radius 2 is 2.15 bits per heavy atom. The Morgan fingerprint density at radius 1 is 1.29 bits per heavy atom. The Bertz CT molecular complexity index is 1340. The van der Waals surface area contributed by atoms with Crippen molar-refractivity contribution in [1.82, 2.24) is 25.1 Å². The van der Waals surface area contributed by atoms with E-state index >= 15 is 0 Å². The quantitative estimate of drug-likeness (QED) is 0.369. The van der Waals surface area contributed by atoms with Crippen molar-refractivity contribution in [2.24, 2.45) is 0 Å². The molecule has 4 N–H and O–H groups in total. The van der Waals surface area contributed by atoms with E-state index in [9.17, 15) is 17.6 Å². The van der Waals surface area contributed by atoms with Crippen molar-refractivity contribution in [3.05, 3.63) is 47.0 Å². The fourth-order valence-corrected chi connectivity index (χ4v) is 5.55. The van der Waals surface area contributed by atoms with Crippen molar-refractivity contribution < 1.29 is 27.1 Å². The minimum atomic E-state index is -3.64. The van der Waals surface area contributed by atoms with Crippen LogP contribution in [-0.4, -0.2) is 47.5 Å². The molecule has 2 aliphatic rings. The van der Waals surface area contributed by atoms with Gasteiger partial charge in [-0.2, -0.15) is 10.2 Å². The number of esters is 1. The van der Waals surface area contributed by atoms with Gasteiger partial charge in [0.05, 0.1) is 23.4 Å². The highest BCUT2D eigenvalue weighted by molar-refractivity contribution is 7.89. The van der Waals surface area contributed by atoms with Crippen LogP contribution >= 0.6 is 0 Å². The van der Waals surface area contributed by atoms with Crippen molar-refractivity contribution in [1.29, 1.82) is 0 Å². The summed E-state index contributed by atoms with van der Waals surface area (Å²) in [6, 6.07) is 4.57. The van der Waals surface area contributed by atoms with Gasteiger partial charge in [0.15, 0.2) is 11.6 Å². The molecule has 0 bridgehead atoms. The molecule has 3 aromatic rings. The van der Waals surface area contributed by atoms with Gasteiger partial charge >= 0.3 is 5.97 Å². The zero-order valence-corrected chi connectivity index (χ0v) is 19.0. The minimum Gasteiger partial charge on any atom is -0.474 e. The Labute approximate surface area is 194 Å². The highest BCUT2D eigenvalue weighted by Gasteiger charge is 2.31. The smallest absolute Gasteiger partial charge is 0.345 e. The van der Waals surface area contributed by atoms with Crippen LogP contribution in [0.2, 0.25) is 0 Å². The fourth-order valence-electron chi connectivity index (χ4n) is 4.32. The molecule has 34 heavy (non-hydrogen) atoms. The van der Waals surface area contributed by atoms with Crippen LogP contribution in [0.4, 0.5) is 15.9 Å². The lowest BCUT2D eigenvalue weighted by Gasteiger charge is -2.13. The number of sulfonamides is 1. The molecule has 11 nitrogen and oxygen atoms in total. The van der Waals surface area contributed by atoms with Crippen LogP contribution in [0, 0.1) is 5.82 Å². The number of halogens is 1. The third-order valence-corrected chi connectivity index (χ3v) is 7.48. The first kappa shape index (κ1) is 22.3. The van der Waals surface area contributed by atoms with Gasteiger partial charge < -0.3 is 14.8 Å². The van der Waals surface area contributed by atoms with Crippen LogP contribution in [0.1, 0.15) is 53.7 Å². The normalized spacial score (nSPS) is 20.8. The number of rotatable bonds is 7. The zero-order valence-electron chi connectivity index (χ0n) is 18.2. The van der Waals surface area contributed by atoms with Crippen LogP contribution in [0.25, 0.3) is 0 Å². The average Bonchev–Trinajstić information content (AvgIpc) is 3.58. The molecule has 5 rings (SSSR count). The Kier molecular flexibility index (Phi) is 5.73. The third-order valence-electron chi connectivity index (χ3n) is 6.00. The van der Waals surface area contributed by atoms with Crippen LogP contribution in [0.5, 0.6) is 5.88 Å². The van der Waals surface area contributed by atoms with Crippen molar-refractivity contribution in [2.75, 3.05) is 11.9 Å². The van der Waals surface area contributed by atoms with Gasteiger partial charge in [0.2, 0.25) is 15.9 Å². The maximum absolute atomic E-state index is 14.8. The zero-order chi connectivity index (χ0) is 23.9. The molecular formula is C21H23FN6O5S. The molecular weight excluding hydrogens is 467 g/mol. The first-order chi connectivity index (χ1) is 16.4. The fraction of sp³-hybridized carbons (Fsp3) is 0.381. The highest BCUT2D eigenvalue weighted by Crippen LogP contribution is 2.37. The second-order valence-electron chi connectivity index (χ2n) is 8.14. The lowest BCUT2D eigenvalue weighted by molar-refractivity contribution is 0.0519. The summed E-state index contributed by atoms with van der Waals surface area (Å²) in [6.07, 6.45) is 3.57. The largest absolute Gasteiger partial charge is 0.474 e. The number of hydrogen-bond acceptors (Lipinski definition) is 8. The van der Waals surface area contributed by atoms with Crippen molar-refractivity contribution in [2.45, 2.75) is 49.6 Å². The van der Waals surface area contributed by atoms with Gasteiger partial charge in [0.1, 0.15) is 11.7 Å². The predicted molar refractivity (Wildman–Crippen MR) is 118 cm³/mol. The number of carbonyl (C=O) groups is 1. The molecule has 0 saturated heterocycles. The number of anilines is 2. The van der Waals surface area contributed by atoms with Crippen molar-refractivity contribution in [3.8, 4) is 5.88 Å². The van der Waals surface area contributed by atoms with E-state index in [2.05, 4.69) is 30.4 Å². The van der Waals surface area contributed by atoms with E-state index in [4.69, 9.17) is 9.47 Å². The van der Waals surface area contributed by atoms with Crippen LogP contribution in [-0.2, 0) is 21.3 Å². The van der Waals surface area contributed by atoms with E-state index < -0.39 is 21.8 Å². The lowest BCUT2D eigenvalue weighted by Crippen LogP contribution is -2.15. The van der Waals surface area contributed by atoms with Gasteiger partial charge in [-0.15, -0.1) is 0 Å². The van der Waals surface area contributed by atoms with Crippen LogP contribution in [0.3, 0.4) is 0 Å². The average molecular weight is 491 g/mol. The summed E-state index contributed by atoms with van der Waals surface area (Å²) in [7, 11) is -3.64. The highest BCUT2D eigenvalue weighted by atomic mass is 32.2. The molecule has 0 spiro atoms. The molecule has 1 aromatic carbocycles. The molecule has 0 amide bonds. The van der Waals surface area contributed by atoms with Crippen LogP contribution < -0.4 is 14.8 Å². The predicted octanol–water partition coefficient (Wildman–Crippen LogP) is 2.70. The molecule has 0 radical (unpaired) electrons.